The Morgan fingerprint density at radius 2 is 1.91 bits per heavy atom. The Morgan fingerprint density at radius 1 is 1.18 bits per heavy atom. The molecular formula is C17H17Cl2NO2. The topological polar surface area (TPSA) is 52.3 Å². The van der Waals surface area contributed by atoms with Gasteiger partial charge in [-0.2, -0.15) is 0 Å². The molecule has 3 nitrogen and oxygen atoms in total. The molecule has 0 heterocycles. The summed E-state index contributed by atoms with van der Waals surface area (Å²) in [7, 11) is 0. The maximum absolute atomic E-state index is 11.0. The van der Waals surface area contributed by atoms with Crippen molar-refractivity contribution >= 4 is 29.1 Å². The molecule has 116 valence electrons. The highest BCUT2D eigenvalue weighted by atomic mass is 35.5. The minimum Gasteiger partial charge on any atom is -0.456 e. The van der Waals surface area contributed by atoms with Crippen molar-refractivity contribution in [3.8, 4) is 11.5 Å². The number of carbonyl (C=O) groups excluding carboxylic acids is 1. The number of hydrogen-bond acceptors (Lipinski definition) is 2. The van der Waals surface area contributed by atoms with Gasteiger partial charge in [-0.3, -0.25) is 4.79 Å². The van der Waals surface area contributed by atoms with Gasteiger partial charge < -0.3 is 10.5 Å². The quantitative estimate of drug-likeness (QED) is 0.840. The van der Waals surface area contributed by atoms with E-state index in [0.29, 0.717) is 23.0 Å². The zero-order valence-corrected chi connectivity index (χ0v) is 13.9. The third kappa shape index (κ3) is 3.93. The van der Waals surface area contributed by atoms with Gasteiger partial charge in [-0.15, -0.1) is 0 Å². The van der Waals surface area contributed by atoms with Crippen LogP contribution in [0.1, 0.15) is 30.9 Å². The van der Waals surface area contributed by atoms with E-state index >= 15 is 0 Å². The van der Waals surface area contributed by atoms with Crippen molar-refractivity contribution in [3.63, 3.8) is 0 Å². The zero-order valence-electron chi connectivity index (χ0n) is 12.4. The molecule has 2 aromatic carbocycles. The van der Waals surface area contributed by atoms with Crippen molar-refractivity contribution in [1.82, 2.24) is 0 Å². The number of benzene rings is 2. The fourth-order valence-corrected chi connectivity index (χ4v) is 2.48. The van der Waals surface area contributed by atoms with Gasteiger partial charge in [0.15, 0.2) is 0 Å². The summed E-state index contributed by atoms with van der Waals surface area (Å²) in [4.78, 5) is 11.0. The van der Waals surface area contributed by atoms with Crippen LogP contribution in [0.3, 0.4) is 0 Å². The van der Waals surface area contributed by atoms with Crippen molar-refractivity contribution < 1.29 is 9.53 Å². The Morgan fingerprint density at radius 3 is 2.55 bits per heavy atom. The second-order valence-electron chi connectivity index (χ2n) is 5.32. The lowest BCUT2D eigenvalue weighted by molar-refractivity contribution is -0.117. The van der Waals surface area contributed by atoms with Crippen LogP contribution >= 0.6 is 23.2 Å². The normalized spacial score (nSPS) is 10.8. The van der Waals surface area contributed by atoms with E-state index in [0.717, 1.165) is 0 Å². The van der Waals surface area contributed by atoms with Gasteiger partial charge in [0.1, 0.15) is 16.5 Å². The molecule has 22 heavy (non-hydrogen) atoms. The summed E-state index contributed by atoms with van der Waals surface area (Å²) in [6, 6.07) is 11.2. The number of nitrogens with two attached hydrogens (primary N) is 1. The molecule has 5 heteroatoms. The lowest BCUT2D eigenvalue weighted by atomic mass is 10.0. The molecular weight excluding hydrogens is 321 g/mol. The summed E-state index contributed by atoms with van der Waals surface area (Å²) in [6.07, 6.45) is 0.0433. The first kappa shape index (κ1) is 16.7. The lowest BCUT2D eigenvalue weighted by Gasteiger charge is -2.13. The number of primary amides is 1. The fraction of sp³-hybridized carbons (Fsp3) is 0.235. The van der Waals surface area contributed by atoms with Crippen molar-refractivity contribution in [2.24, 2.45) is 5.73 Å². The van der Waals surface area contributed by atoms with E-state index in [4.69, 9.17) is 33.7 Å². The highest BCUT2D eigenvalue weighted by Gasteiger charge is 2.13. The van der Waals surface area contributed by atoms with Gasteiger partial charge in [0.05, 0.1) is 11.4 Å². The molecule has 0 spiro atoms. The Labute approximate surface area is 140 Å². The Bertz CT molecular complexity index is 699. The number of ether oxygens (including phenoxy) is 1. The van der Waals surface area contributed by atoms with E-state index in [1.165, 1.54) is 5.56 Å². The number of hydrogen-bond donors (Lipinski definition) is 1. The number of amides is 1. The fourth-order valence-electron chi connectivity index (χ4n) is 2.04. The summed E-state index contributed by atoms with van der Waals surface area (Å²) >= 11 is 12.4. The number of rotatable bonds is 5. The average Bonchev–Trinajstić information content (AvgIpc) is 2.47. The molecule has 0 unspecified atom stereocenters. The monoisotopic (exact) mass is 337 g/mol. The van der Waals surface area contributed by atoms with Gasteiger partial charge in [-0.1, -0.05) is 55.2 Å². The Hall–Kier alpha value is -1.71. The van der Waals surface area contributed by atoms with E-state index in [-0.39, 0.29) is 16.5 Å². The maximum atomic E-state index is 11.0. The third-order valence-corrected chi connectivity index (χ3v) is 4.15. The maximum Gasteiger partial charge on any atom is 0.221 e. The highest BCUT2D eigenvalue weighted by Crippen LogP contribution is 2.37. The van der Waals surface area contributed by atoms with Crippen molar-refractivity contribution in [3.05, 3.63) is 57.6 Å². The van der Waals surface area contributed by atoms with Gasteiger partial charge in [-0.25, -0.2) is 0 Å². The van der Waals surface area contributed by atoms with Crippen molar-refractivity contribution in [2.45, 2.75) is 26.2 Å². The molecule has 0 fully saturated rings. The van der Waals surface area contributed by atoms with Crippen LogP contribution in [0, 0.1) is 0 Å². The van der Waals surface area contributed by atoms with E-state index in [9.17, 15) is 4.79 Å². The predicted molar refractivity (Wildman–Crippen MR) is 90.0 cm³/mol. The molecule has 0 atom stereocenters. The van der Waals surface area contributed by atoms with E-state index < -0.39 is 5.91 Å². The van der Waals surface area contributed by atoms with E-state index in [1.807, 2.05) is 24.3 Å². The van der Waals surface area contributed by atoms with Gasteiger partial charge in [0.25, 0.3) is 0 Å². The van der Waals surface area contributed by atoms with Crippen LogP contribution in [-0.2, 0) is 11.2 Å². The summed E-state index contributed by atoms with van der Waals surface area (Å²) in [5, 5.41) is 0.563. The SMILES string of the molecule is CC(C)c1cccc(Oc2ccc(CC(N)=O)c(Cl)c2Cl)c1. The molecule has 2 rings (SSSR count). The van der Waals surface area contributed by atoms with Gasteiger partial charge in [-0.05, 0) is 35.2 Å². The van der Waals surface area contributed by atoms with E-state index in [1.54, 1.807) is 12.1 Å². The molecule has 0 aliphatic rings. The molecule has 2 aromatic rings. The van der Waals surface area contributed by atoms with Crippen molar-refractivity contribution in [2.75, 3.05) is 0 Å². The van der Waals surface area contributed by atoms with Crippen LogP contribution in [0.5, 0.6) is 11.5 Å². The lowest BCUT2D eigenvalue weighted by Crippen LogP contribution is -2.13. The highest BCUT2D eigenvalue weighted by molar-refractivity contribution is 6.43. The Kier molecular flexibility index (Phi) is 5.33. The second kappa shape index (κ2) is 7.03. The van der Waals surface area contributed by atoms with Crippen LogP contribution in [0.25, 0.3) is 0 Å². The molecule has 0 saturated carbocycles. The Balaban J connectivity index is 2.29. The van der Waals surface area contributed by atoms with Crippen LogP contribution < -0.4 is 10.5 Å². The van der Waals surface area contributed by atoms with E-state index in [2.05, 4.69) is 13.8 Å². The molecule has 0 aromatic heterocycles. The molecule has 0 radical (unpaired) electrons. The second-order valence-corrected chi connectivity index (χ2v) is 6.08. The van der Waals surface area contributed by atoms with Crippen LogP contribution in [0.15, 0.2) is 36.4 Å². The summed E-state index contributed by atoms with van der Waals surface area (Å²) in [5.41, 5.74) is 6.94. The first-order chi connectivity index (χ1) is 10.4. The van der Waals surface area contributed by atoms with Crippen LogP contribution in [0.4, 0.5) is 0 Å². The minimum atomic E-state index is -0.462. The smallest absolute Gasteiger partial charge is 0.221 e. The molecule has 2 N–H and O–H groups in total. The van der Waals surface area contributed by atoms with Gasteiger partial charge >= 0.3 is 0 Å². The average molecular weight is 338 g/mol. The summed E-state index contributed by atoms with van der Waals surface area (Å²) < 4.78 is 5.81. The van der Waals surface area contributed by atoms with Crippen molar-refractivity contribution in [1.29, 1.82) is 0 Å². The number of halogens is 2. The molecule has 0 saturated heterocycles. The molecule has 0 bridgehead atoms. The van der Waals surface area contributed by atoms with Crippen LogP contribution in [-0.4, -0.2) is 5.91 Å². The first-order valence-electron chi connectivity index (χ1n) is 6.91. The largest absolute Gasteiger partial charge is 0.456 e. The third-order valence-electron chi connectivity index (χ3n) is 3.24. The summed E-state index contributed by atoms with van der Waals surface area (Å²) in [5.74, 6) is 1.07. The zero-order chi connectivity index (χ0) is 16.3. The minimum absolute atomic E-state index is 0.0433. The van der Waals surface area contributed by atoms with Crippen LogP contribution in [0.2, 0.25) is 10.0 Å². The standard InChI is InChI=1S/C17H17Cl2NO2/c1-10(2)11-4-3-5-13(8-11)22-14-7-6-12(9-15(20)21)16(18)17(14)19/h3-8,10H,9H2,1-2H3,(H2,20,21). The van der Waals surface area contributed by atoms with Gasteiger partial charge in [0, 0.05) is 0 Å². The first-order valence-corrected chi connectivity index (χ1v) is 7.67. The predicted octanol–water partition coefficient (Wildman–Crippen LogP) is 4.94. The number of carbonyl (C=O) groups is 1. The molecule has 0 aliphatic carbocycles. The summed E-state index contributed by atoms with van der Waals surface area (Å²) in [6.45, 7) is 4.23. The molecule has 0 aliphatic heterocycles. The van der Waals surface area contributed by atoms with Gasteiger partial charge in [0.2, 0.25) is 5.91 Å². The molecule has 1 amide bonds.